The summed E-state index contributed by atoms with van der Waals surface area (Å²) < 4.78 is 5.72. The van der Waals surface area contributed by atoms with Gasteiger partial charge < -0.3 is 20.3 Å². The largest absolute Gasteiger partial charge is 0.372 e. The summed E-state index contributed by atoms with van der Waals surface area (Å²) >= 11 is 0. The quantitative estimate of drug-likeness (QED) is 0.337. The Labute approximate surface area is 201 Å². The zero-order valence-corrected chi connectivity index (χ0v) is 20.7. The predicted octanol–water partition coefficient (Wildman–Crippen LogP) is 2.86. The molecule has 8 heteroatoms. The van der Waals surface area contributed by atoms with Crippen LogP contribution in [0.1, 0.15) is 35.5 Å². The van der Waals surface area contributed by atoms with Crippen LogP contribution in [0.15, 0.2) is 53.7 Å². The standard InChI is InChI=1S/C23H31N5O2.HI/c1-17-15-28(16-18(2)30-17)22(29)20-9-7-19(8-10-20)14-27-23(24-3)26-13-11-21-6-4-5-12-25-21;/h4-10,12,17-18H,11,13-16H2,1-3H3,(H2,24,26,27);1H. The third-order valence-electron chi connectivity index (χ3n) is 4.99. The highest BCUT2D eigenvalue weighted by Gasteiger charge is 2.26. The Morgan fingerprint density at radius 1 is 1.13 bits per heavy atom. The van der Waals surface area contributed by atoms with Gasteiger partial charge in [-0.2, -0.15) is 0 Å². The van der Waals surface area contributed by atoms with Gasteiger partial charge in [0, 0.05) is 57.1 Å². The number of nitrogens with one attached hydrogen (secondary N) is 2. The molecule has 0 saturated carbocycles. The molecule has 2 heterocycles. The summed E-state index contributed by atoms with van der Waals surface area (Å²) in [6.45, 7) is 6.65. The minimum Gasteiger partial charge on any atom is -0.372 e. The molecule has 0 radical (unpaired) electrons. The van der Waals surface area contributed by atoms with Crippen LogP contribution in [0.4, 0.5) is 0 Å². The molecule has 1 aromatic heterocycles. The Bertz CT molecular complexity index is 835. The van der Waals surface area contributed by atoms with Crippen LogP contribution in [0.5, 0.6) is 0 Å². The molecule has 1 aliphatic heterocycles. The van der Waals surface area contributed by atoms with Crippen LogP contribution in [0.25, 0.3) is 0 Å². The van der Waals surface area contributed by atoms with Gasteiger partial charge in [-0.05, 0) is 43.7 Å². The summed E-state index contributed by atoms with van der Waals surface area (Å²) in [7, 11) is 1.75. The molecule has 2 aromatic rings. The van der Waals surface area contributed by atoms with Crippen LogP contribution in [0.2, 0.25) is 0 Å². The summed E-state index contributed by atoms with van der Waals surface area (Å²) in [4.78, 5) is 23.2. The number of aliphatic imine (C=N–C) groups is 1. The fourth-order valence-corrected chi connectivity index (χ4v) is 3.55. The molecule has 2 unspecified atom stereocenters. The number of benzene rings is 1. The number of guanidine groups is 1. The van der Waals surface area contributed by atoms with Crippen LogP contribution >= 0.6 is 24.0 Å². The topological polar surface area (TPSA) is 78.8 Å². The summed E-state index contributed by atoms with van der Waals surface area (Å²) in [5, 5.41) is 6.60. The van der Waals surface area contributed by atoms with E-state index in [1.165, 1.54) is 0 Å². The van der Waals surface area contributed by atoms with Gasteiger partial charge in [0.25, 0.3) is 5.91 Å². The molecule has 2 N–H and O–H groups in total. The van der Waals surface area contributed by atoms with E-state index >= 15 is 0 Å². The molecule has 1 saturated heterocycles. The molecule has 168 valence electrons. The smallest absolute Gasteiger partial charge is 0.254 e. The highest BCUT2D eigenvalue weighted by Crippen LogP contribution is 2.15. The SMILES string of the molecule is CN=C(NCCc1ccccn1)NCc1ccc(C(=O)N2CC(C)OC(C)C2)cc1.I. The fourth-order valence-electron chi connectivity index (χ4n) is 3.55. The summed E-state index contributed by atoms with van der Waals surface area (Å²) in [5.74, 6) is 0.797. The molecule has 0 bridgehead atoms. The molecule has 7 nitrogen and oxygen atoms in total. The summed E-state index contributed by atoms with van der Waals surface area (Å²) in [5.41, 5.74) is 2.84. The van der Waals surface area contributed by atoms with Crippen LogP contribution in [0, 0.1) is 0 Å². The summed E-state index contributed by atoms with van der Waals surface area (Å²) in [6.07, 6.45) is 2.77. The van der Waals surface area contributed by atoms with Crippen molar-refractivity contribution in [2.24, 2.45) is 4.99 Å². The average Bonchev–Trinajstić information content (AvgIpc) is 2.76. The Hall–Kier alpha value is -2.20. The van der Waals surface area contributed by atoms with E-state index < -0.39 is 0 Å². The Morgan fingerprint density at radius 2 is 1.84 bits per heavy atom. The monoisotopic (exact) mass is 537 g/mol. The average molecular weight is 537 g/mol. The lowest BCUT2D eigenvalue weighted by Gasteiger charge is -2.35. The third kappa shape index (κ3) is 7.77. The number of aromatic nitrogens is 1. The maximum Gasteiger partial charge on any atom is 0.254 e. The van der Waals surface area contributed by atoms with E-state index in [1.54, 1.807) is 13.2 Å². The maximum absolute atomic E-state index is 12.8. The maximum atomic E-state index is 12.8. The molecule has 3 rings (SSSR count). The van der Waals surface area contributed by atoms with Gasteiger partial charge in [-0.3, -0.25) is 14.8 Å². The highest BCUT2D eigenvalue weighted by atomic mass is 127. The second-order valence-corrected chi connectivity index (χ2v) is 7.59. The number of pyridine rings is 1. The van der Waals surface area contributed by atoms with Crippen molar-refractivity contribution in [3.63, 3.8) is 0 Å². The molecule has 0 spiro atoms. The van der Waals surface area contributed by atoms with E-state index in [-0.39, 0.29) is 42.1 Å². The van der Waals surface area contributed by atoms with Gasteiger partial charge in [0.2, 0.25) is 0 Å². The highest BCUT2D eigenvalue weighted by molar-refractivity contribution is 14.0. The van der Waals surface area contributed by atoms with Gasteiger partial charge >= 0.3 is 0 Å². The lowest BCUT2D eigenvalue weighted by molar-refractivity contribution is -0.0586. The second kappa shape index (κ2) is 12.6. The molecule has 31 heavy (non-hydrogen) atoms. The predicted molar refractivity (Wildman–Crippen MR) is 134 cm³/mol. The number of halogens is 1. The van der Waals surface area contributed by atoms with Gasteiger partial charge in [-0.15, -0.1) is 24.0 Å². The molecule has 1 fully saturated rings. The number of carbonyl (C=O) groups is 1. The molecule has 1 amide bonds. The van der Waals surface area contributed by atoms with Crippen molar-refractivity contribution in [2.45, 2.75) is 39.0 Å². The van der Waals surface area contributed by atoms with Crippen LogP contribution in [0.3, 0.4) is 0 Å². The van der Waals surface area contributed by atoms with Crippen molar-refractivity contribution in [1.29, 1.82) is 0 Å². The first-order valence-corrected chi connectivity index (χ1v) is 10.4. The molecule has 2 atom stereocenters. The molecule has 1 aromatic carbocycles. The molecular weight excluding hydrogens is 505 g/mol. The van der Waals surface area contributed by atoms with Crippen molar-refractivity contribution >= 4 is 35.8 Å². The third-order valence-corrected chi connectivity index (χ3v) is 4.99. The van der Waals surface area contributed by atoms with E-state index in [0.29, 0.717) is 25.2 Å². The number of nitrogens with zero attached hydrogens (tertiary/aromatic N) is 3. The fraction of sp³-hybridized carbons (Fsp3) is 0.435. The molecule has 0 aliphatic carbocycles. The van der Waals surface area contributed by atoms with Crippen LogP contribution < -0.4 is 10.6 Å². The number of rotatable bonds is 6. The Morgan fingerprint density at radius 3 is 2.45 bits per heavy atom. The number of ether oxygens (including phenoxy) is 1. The van der Waals surface area contributed by atoms with Crippen molar-refractivity contribution in [3.05, 3.63) is 65.5 Å². The molecule has 1 aliphatic rings. The van der Waals surface area contributed by atoms with Crippen molar-refractivity contribution in [3.8, 4) is 0 Å². The van der Waals surface area contributed by atoms with Crippen molar-refractivity contribution in [2.75, 3.05) is 26.7 Å². The number of carbonyl (C=O) groups excluding carboxylic acids is 1. The van der Waals surface area contributed by atoms with E-state index in [4.69, 9.17) is 4.74 Å². The minimum atomic E-state index is 0. The van der Waals surface area contributed by atoms with Gasteiger partial charge in [0.15, 0.2) is 5.96 Å². The second-order valence-electron chi connectivity index (χ2n) is 7.59. The van der Waals surface area contributed by atoms with Gasteiger partial charge in [-0.25, -0.2) is 0 Å². The van der Waals surface area contributed by atoms with Gasteiger partial charge in [0.1, 0.15) is 0 Å². The first-order valence-electron chi connectivity index (χ1n) is 10.4. The van der Waals surface area contributed by atoms with Gasteiger partial charge in [-0.1, -0.05) is 18.2 Å². The van der Waals surface area contributed by atoms with Crippen LogP contribution in [-0.4, -0.2) is 60.6 Å². The van der Waals surface area contributed by atoms with E-state index in [0.717, 1.165) is 30.2 Å². The van der Waals surface area contributed by atoms with E-state index in [9.17, 15) is 4.79 Å². The van der Waals surface area contributed by atoms with E-state index in [1.807, 2.05) is 61.2 Å². The lowest BCUT2D eigenvalue weighted by Crippen LogP contribution is -2.48. The Kier molecular flexibility index (Phi) is 10.2. The lowest BCUT2D eigenvalue weighted by atomic mass is 10.1. The number of morpholine rings is 1. The van der Waals surface area contributed by atoms with Gasteiger partial charge in [0.05, 0.1) is 12.2 Å². The number of hydrogen-bond donors (Lipinski definition) is 2. The number of amides is 1. The summed E-state index contributed by atoms with van der Waals surface area (Å²) in [6, 6.07) is 13.7. The Balaban J connectivity index is 0.00000341. The first kappa shape index (κ1) is 25.1. The minimum absolute atomic E-state index is 0. The van der Waals surface area contributed by atoms with Crippen molar-refractivity contribution in [1.82, 2.24) is 20.5 Å². The zero-order chi connectivity index (χ0) is 21.3. The van der Waals surface area contributed by atoms with Crippen molar-refractivity contribution < 1.29 is 9.53 Å². The number of hydrogen-bond acceptors (Lipinski definition) is 4. The van der Waals surface area contributed by atoms with E-state index in [2.05, 4.69) is 20.6 Å². The molecular formula is C23H32IN5O2. The first-order chi connectivity index (χ1) is 14.5. The van der Waals surface area contributed by atoms with Crippen LogP contribution in [-0.2, 0) is 17.7 Å². The zero-order valence-electron chi connectivity index (χ0n) is 18.4. The normalized spacial score (nSPS) is 18.8.